The average molecular weight is 436 g/mol. The van der Waals surface area contributed by atoms with Crippen LogP contribution in [-0.4, -0.2) is 38.0 Å². The largest absolute Gasteiger partial charge is 0.490 e. The highest BCUT2D eigenvalue weighted by Gasteiger charge is 2.45. The second kappa shape index (κ2) is 7.17. The molecule has 124 valence electrons. The standard InChI is InChI=1S/C16H25IO4Si/c1-10-15(20-2)12-9-11(17)5-6-13(12)21-16(10)14(7-8-18)22(3,4)19/h5-6,9-10,14-16,18-19H,7-8H2,1-4H3/t10-,14?,15-,16-/m1/s1. The first-order valence-electron chi connectivity index (χ1n) is 7.61. The average Bonchev–Trinajstić information content (AvgIpc) is 2.43. The van der Waals surface area contributed by atoms with E-state index in [1.165, 1.54) is 0 Å². The van der Waals surface area contributed by atoms with Gasteiger partial charge in [-0.2, -0.15) is 0 Å². The number of fused-ring (bicyclic) bond motifs is 1. The molecule has 0 saturated carbocycles. The summed E-state index contributed by atoms with van der Waals surface area (Å²) in [6.07, 6.45) is 0.360. The van der Waals surface area contributed by atoms with Crippen LogP contribution in [0.4, 0.5) is 0 Å². The Kier molecular flexibility index (Phi) is 5.93. The third-order valence-corrected chi connectivity index (χ3v) is 7.64. The van der Waals surface area contributed by atoms with Crippen LogP contribution in [-0.2, 0) is 4.74 Å². The van der Waals surface area contributed by atoms with E-state index in [-0.39, 0.29) is 30.3 Å². The van der Waals surface area contributed by atoms with Crippen molar-refractivity contribution in [1.29, 1.82) is 0 Å². The lowest BCUT2D eigenvalue weighted by Crippen LogP contribution is -2.48. The maximum Gasteiger partial charge on any atom is 0.189 e. The quantitative estimate of drug-likeness (QED) is 0.549. The Balaban J connectivity index is 2.41. The van der Waals surface area contributed by atoms with E-state index in [1.54, 1.807) is 7.11 Å². The van der Waals surface area contributed by atoms with Crippen molar-refractivity contribution in [3.8, 4) is 5.75 Å². The smallest absolute Gasteiger partial charge is 0.189 e. The molecule has 2 N–H and O–H groups in total. The number of aliphatic hydroxyl groups excluding tert-OH is 1. The van der Waals surface area contributed by atoms with Gasteiger partial charge in [-0.3, -0.25) is 0 Å². The van der Waals surface area contributed by atoms with E-state index in [2.05, 4.69) is 35.6 Å². The summed E-state index contributed by atoms with van der Waals surface area (Å²) >= 11 is 2.29. The molecule has 0 fully saturated rings. The van der Waals surface area contributed by atoms with Crippen molar-refractivity contribution in [3.05, 3.63) is 27.3 Å². The number of ether oxygens (including phenoxy) is 2. The number of aliphatic hydroxyl groups is 1. The molecule has 1 aromatic carbocycles. The van der Waals surface area contributed by atoms with Gasteiger partial charge >= 0.3 is 0 Å². The SMILES string of the molecule is CO[C@H]1c2cc(I)ccc2O[C@@H](C(CCO)[Si](C)(C)O)[C@@H]1C. The summed E-state index contributed by atoms with van der Waals surface area (Å²) in [4.78, 5) is 10.6. The molecule has 0 spiro atoms. The second-order valence-electron chi connectivity index (χ2n) is 6.55. The van der Waals surface area contributed by atoms with Crippen LogP contribution in [0.1, 0.15) is 25.0 Å². The van der Waals surface area contributed by atoms with Crippen LogP contribution in [0, 0.1) is 9.49 Å². The lowest BCUT2D eigenvalue weighted by molar-refractivity contribution is -0.0256. The molecule has 0 bridgehead atoms. The zero-order chi connectivity index (χ0) is 16.5. The molecule has 1 heterocycles. The molecule has 2 rings (SSSR count). The normalized spacial score (nSPS) is 26.2. The molecule has 4 nitrogen and oxygen atoms in total. The van der Waals surface area contributed by atoms with E-state index in [4.69, 9.17) is 9.47 Å². The maximum atomic E-state index is 10.6. The molecule has 0 radical (unpaired) electrons. The summed E-state index contributed by atoms with van der Waals surface area (Å²) < 4.78 is 13.1. The van der Waals surface area contributed by atoms with Gasteiger partial charge in [-0.05, 0) is 60.3 Å². The van der Waals surface area contributed by atoms with Crippen LogP contribution in [0.25, 0.3) is 0 Å². The Morgan fingerprint density at radius 2 is 2.09 bits per heavy atom. The molecule has 1 aliphatic heterocycles. The van der Waals surface area contributed by atoms with Gasteiger partial charge in [0, 0.05) is 34.3 Å². The van der Waals surface area contributed by atoms with E-state index >= 15 is 0 Å². The van der Waals surface area contributed by atoms with Crippen LogP contribution in [0.2, 0.25) is 18.6 Å². The Morgan fingerprint density at radius 3 is 2.64 bits per heavy atom. The van der Waals surface area contributed by atoms with Crippen molar-refractivity contribution in [2.45, 2.75) is 44.2 Å². The zero-order valence-corrected chi connectivity index (χ0v) is 16.7. The van der Waals surface area contributed by atoms with Gasteiger partial charge in [0.1, 0.15) is 11.9 Å². The fraction of sp³-hybridized carbons (Fsp3) is 0.625. The van der Waals surface area contributed by atoms with Crippen LogP contribution in [0.15, 0.2) is 18.2 Å². The fourth-order valence-corrected chi connectivity index (χ4v) is 5.93. The van der Waals surface area contributed by atoms with Crippen molar-refractivity contribution in [1.82, 2.24) is 0 Å². The van der Waals surface area contributed by atoms with E-state index in [0.29, 0.717) is 6.42 Å². The number of rotatable bonds is 5. The first kappa shape index (κ1) is 18.2. The number of benzene rings is 1. The van der Waals surface area contributed by atoms with Gasteiger partial charge in [-0.1, -0.05) is 6.92 Å². The first-order valence-corrected chi connectivity index (χ1v) is 11.7. The molecule has 1 unspecified atom stereocenters. The maximum absolute atomic E-state index is 10.6. The predicted molar refractivity (Wildman–Crippen MR) is 97.6 cm³/mol. The van der Waals surface area contributed by atoms with Crippen molar-refractivity contribution < 1.29 is 19.4 Å². The van der Waals surface area contributed by atoms with Crippen molar-refractivity contribution in [2.75, 3.05) is 13.7 Å². The molecular formula is C16H25IO4Si. The topological polar surface area (TPSA) is 58.9 Å². The van der Waals surface area contributed by atoms with Crippen LogP contribution in [0.5, 0.6) is 5.75 Å². The Hall–Kier alpha value is -0.153. The summed E-state index contributed by atoms with van der Waals surface area (Å²) in [5.74, 6) is 0.947. The van der Waals surface area contributed by atoms with Crippen molar-refractivity contribution >= 4 is 30.9 Å². The first-order chi connectivity index (χ1) is 10.3. The van der Waals surface area contributed by atoms with Crippen LogP contribution >= 0.6 is 22.6 Å². The van der Waals surface area contributed by atoms with Crippen molar-refractivity contribution in [3.63, 3.8) is 0 Å². The number of methoxy groups -OCH3 is 1. The lowest BCUT2D eigenvalue weighted by Gasteiger charge is -2.43. The van der Waals surface area contributed by atoms with E-state index < -0.39 is 8.32 Å². The second-order valence-corrected chi connectivity index (χ2v) is 11.8. The number of hydrogen-bond acceptors (Lipinski definition) is 4. The number of halogens is 1. The molecule has 1 aromatic rings. The lowest BCUT2D eigenvalue weighted by atomic mass is 9.86. The molecule has 6 heteroatoms. The third kappa shape index (κ3) is 3.67. The highest BCUT2D eigenvalue weighted by Crippen LogP contribution is 2.46. The van der Waals surface area contributed by atoms with Gasteiger partial charge < -0.3 is 19.4 Å². The van der Waals surface area contributed by atoms with Gasteiger partial charge in [0.2, 0.25) is 0 Å². The summed E-state index contributed by atoms with van der Waals surface area (Å²) in [7, 11) is -0.735. The fourth-order valence-electron chi connectivity index (χ4n) is 3.41. The van der Waals surface area contributed by atoms with Gasteiger partial charge in [-0.15, -0.1) is 0 Å². The van der Waals surface area contributed by atoms with Gasteiger partial charge in [-0.25, -0.2) is 0 Å². The summed E-state index contributed by atoms with van der Waals surface area (Å²) in [5.41, 5.74) is 1.04. The Morgan fingerprint density at radius 1 is 1.41 bits per heavy atom. The molecule has 0 aromatic heterocycles. The molecule has 4 atom stereocenters. The van der Waals surface area contributed by atoms with Gasteiger partial charge in [0.15, 0.2) is 8.32 Å². The molecule has 0 saturated heterocycles. The molecule has 1 aliphatic rings. The zero-order valence-electron chi connectivity index (χ0n) is 13.5. The van der Waals surface area contributed by atoms with Crippen molar-refractivity contribution in [2.24, 2.45) is 5.92 Å². The summed E-state index contributed by atoms with van der Waals surface area (Å²) in [6.45, 7) is 5.99. The minimum Gasteiger partial charge on any atom is -0.490 e. The minimum absolute atomic E-state index is 0.0300. The van der Waals surface area contributed by atoms with E-state index in [0.717, 1.165) is 14.9 Å². The summed E-state index contributed by atoms with van der Waals surface area (Å²) in [6, 6.07) is 6.09. The Bertz CT molecular complexity index is 517. The van der Waals surface area contributed by atoms with E-state index in [1.807, 2.05) is 25.2 Å². The molecule has 22 heavy (non-hydrogen) atoms. The third-order valence-electron chi connectivity index (χ3n) is 4.54. The van der Waals surface area contributed by atoms with Gasteiger partial charge in [0.05, 0.1) is 6.10 Å². The molecule has 0 aliphatic carbocycles. The Labute approximate surface area is 147 Å². The number of hydrogen-bond donors (Lipinski definition) is 2. The molecule has 0 amide bonds. The predicted octanol–water partition coefficient (Wildman–Crippen LogP) is 3.33. The van der Waals surface area contributed by atoms with Crippen LogP contribution < -0.4 is 4.74 Å². The van der Waals surface area contributed by atoms with Gasteiger partial charge in [0.25, 0.3) is 0 Å². The summed E-state index contributed by atoms with van der Waals surface area (Å²) in [5, 5.41) is 9.39. The highest BCUT2D eigenvalue weighted by molar-refractivity contribution is 14.1. The minimum atomic E-state index is -2.45. The van der Waals surface area contributed by atoms with Crippen LogP contribution in [0.3, 0.4) is 0 Å². The monoisotopic (exact) mass is 436 g/mol. The van der Waals surface area contributed by atoms with E-state index in [9.17, 15) is 9.90 Å². The molecular weight excluding hydrogens is 411 g/mol. The highest BCUT2D eigenvalue weighted by atomic mass is 127.